The highest BCUT2D eigenvalue weighted by atomic mass is 16.4. The fourth-order valence-electron chi connectivity index (χ4n) is 8.18. The zero-order valence-corrected chi connectivity index (χ0v) is 17.6. The second-order valence-corrected chi connectivity index (χ2v) is 10.8. The number of aliphatic hydroxyl groups is 1. The first kappa shape index (κ1) is 20.1. The topological polar surface area (TPSA) is 74.6 Å². The van der Waals surface area contributed by atoms with E-state index in [4.69, 9.17) is 5.11 Å². The molecular formula is C24H36O4. The quantitative estimate of drug-likeness (QED) is 0.700. The summed E-state index contributed by atoms with van der Waals surface area (Å²) in [5.41, 5.74) is 0.336. The molecule has 4 heteroatoms. The predicted octanol–water partition coefficient (Wildman–Crippen LogP) is 4.46. The number of Topliss-reactive ketones (excluding diaryl/α,β-unsaturated/α-hetero) is 1. The lowest BCUT2D eigenvalue weighted by molar-refractivity contribution is -0.160. The predicted molar refractivity (Wildman–Crippen MR) is 108 cm³/mol. The fraction of sp³-hybridized carbons (Fsp3) is 0.833. The highest BCUT2D eigenvalue weighted by molar-refractivity contribution is 5.83. The summed E-state index contributed by atoms with van der Waals surface area (Å²) < 4.78 is 0. The summed E-state index contributed by atoms with van der Waals surface area (Å²) in [5.74, 6) is 1.69. The van der Waals surface area contributed by atoms with Gasteiger partial charge in [-0.05, 0) is 85.4 Å². The van der Waals surface area contributed by atoms with Crippen molar-refractivity contribution in [3.63, 3.8) is 0 Å². The summed E-state index contributed by atoms with van der Waals surface area (Å²) in [4.78, 5) is 24.3. The van der Waals surface area contributed by atoms with Crippen LogP contribution in [0.5, 0.6) is 0 Å². The van der Waals surface area contributed by atoms with E-state index in [1.807, 2.05) is 6.08 Å². The van der Waals surface area contributed by atoms with E-state index in [1.54, 1.807) is 0 Å². The molecule has 4 fully saturated rings. The van der Waals surface area contributed by atoms with Crippen molar-refractivity contribution in [3.05, 3.63) is 12.2 Å². The summed E-state index contributed by atoms with van der Waals surface area (Å²) in [7, 11) is 0. The Bertz CT molecular complexity index is 684. The molecule has 0 unspecified atom stereocenters. The van der Waals surface area contributed by atoms with Gasteiger partial charge in [-0.1, -0.05) is 26.8 Å². The van der Waals surface area contributed by atoms with Gasteiger partial charge in [0.25, 0.3) is 0 Å². The zero-order chi connectivity index (χ0) is 20.3. The molecule has 0 aromatic rings. The van der Waals surface area contributed by atoms with Crippen molar-refractivity contribution in [2.75, 3.05) is 0 Å². The molecule has 4 aliphatic rings. The molecule has 0 aromatic heterocycles. The van der Waals surface area contributed by atoms with Crippen LogP contribution in [0.3, 0.4) is 0 Å². The van der Waals surface area contributed by atoms with Crippen LogP contribution in [0.1, 0.15) is 72.1 Å². The van der Waals surface area contributed by atoms with Gasteiger partial charge in [-0.15, -0.1) is 0 Å². The van der Waals surface area contributed by atoms with Gasteiger partial charge in [0, 0.05) is 18.4 Å². The molecule has 4 saturated carbocycles. The normalized spacial score (nSPS) is 49.4. The molecule has 4 aliphatic carbocycles. The summed E-state index contributed by atoms with van der Waals surface area (Å²) in [6.45, 7) is 6.93. The maximum Gasteiger partial charge on any atom is 0.327 e. The molecule has 2 N–H and O–H groups in total. The highest BCUT2D eigenvalue weighted by Gasteiger charge is 2.62. The lowest BCUT2D eigenvalue weighted by atomic mass is 9.44. The number of carbonyl (C=O) groups is 2. The van der Waals surface area contributed by atoms with Crippen LogP contribution in [-0.2, 0) is 9.59 Å². The zero-order valence-electron chi connectivity index (χ0n) is 17.6. The van der Waals surface area contributed by atoms with E-state index in [0.29, 0.717) is 35.9 Å². The Labute approximate surface area is 168 Å². The van der Waals surface area contributed by atoms with E-state index in [0.717, 1.165) is 44.9 Å². The second kappa shape index (κ2) is 6.97. The van der Waals surface area contributed by atoms with Crippen molar-refractivity contribution in [3.8, 4) is 0 Å². The average Bonchev–Trinajstić information content (AvgIpc) is 2.98. The molecule has 0 spiro atoms. The van der Waals surface area contributed by atoms with E-state index in [2.05, 4.69) is 20.8 Å². The molecule has 0 amide bonds. The van der Waals surface area contributed by atoms with Crippen molar-refractivity contribution in [2.24, 2.45) is 46.3 Å². The Balaban J connectivity index is 1.60. The number of carboxylic acids is 1. The minimum absolute atomic E-state index is 0.135. The molecule has 4 nitrogen and oxygen atoms in total. The van der Waals surface area contributed by atoms with Gasteiger partial charge in [0.2, 0.25) is 0 Å². The number of aliphatic hydroxyl groups excluding tert-OH is 1. The van der Waals surface area contributed by atoms with Gasteiger partial charge < -0.3 is 10.2 Å². The minimum atomic E-state index is -0.879. The van der Waals surface area contributed by atoms with Gasteiger partial charge in [0.1, 0.15) is 5.78 Å². The Morgan fingerprint density at radius 2 is 1.79 bits per heavy atom. The molecule has 0 heterocycles. The van der Waals surface area contributed by atoms with Crippen LogP contribution >= 0.6 is 0 Å². The van der Waals surface area contributed by atoms with E-state index < -0.39 is 5.97 Å². The fourth-order valence-corrected chi connectivity index (χ4v) is 8.18. The molecule has 0 radical (unpaired) electrons. The van der Waals surface area contributed by atoms with Crippen LogP contribution in [0.4, 0.5) is 0 Å². The number of carboxylic acid groups (broad SMARTS) is 1. The van der Waals surface area contributed by atoms with Crippen LogP contribution in [-0.4, -0.2) is 28.1 Å². The molecule has 0 bridgehead atoms. The number of carbonyl (C=O) groups excluding carboxylic acids is 1. The van der Waals surface area contributed by atoms with Crippen molar-refractivity contribution in [1.29, 1.82) is 0 Å². The van der Waals surface area contributed by atoms with Crippen LogP contribution in [0.15, 0.2) is 12.2 Å². The lowest BCUT2D eigenvalue weighted by Crippen LogP contribution is -2.57. The first-order valence-corrected chi connectivity index (χ1v) is 11.3. The summed E-state index contributed by atoms with van der Waals surface area (Å²) >= 11 is 0. The molecule has 9 atom stereocenters. The number of allylic oxidation sites excluding steroid dienone is 1. The van der Waals surface area contributed by atoms with Gasteiger partial charge >= 0.3 is 5.97 Å². The first-order chi connectivity index (χ1) is 13.2. The number of hydrogen-bond donors (Lipinski definition) is 2. The summed E-state index contributed by atoms with van der Waals surface area (Å²) in [6.07, 6.45) is 10.8. The molecular weight excluding hydrogens is 352 g/mol. The number of ketones is 1. The smallest absolute Gasteiger partial charge is 0.327 e. The van der Waals surface area contributed by atoms with E-state index in [-0.39, 0.29) is 28.8 Å². The van der Waals surface area contributed by atoms with Crippen LogP contribution in [0, 0.1) is 46.3 Å². The molecule has 0 aliphatic heterocycles. The second-order valence-electron chi connectivity index (χ2n) is 10.8. The van der Waals surface area contributed by atoms with Gasteiger partial charge in [-0.2, -0.15) is 0 Å². The van der Waals surface area contributed by atoms with Gasteiger partial charge in [-0.25, -0.2) is 4.79 Å². The summed E-state index contributed by atoms with van der Waals surface area (Å²) in [5, 5.41) is 19.2. The van der Waals surface area contributed by atoms with E-state index >= 15 is 0 Å². The minimum Gasteiger partial charge on any atom is -0.478 e. The van der Waals surface area contributed by atoms with Crippen LogP contribution < -0.4 is 0 Å². The van der Waals surface area contributed by atoms with Crippen LogP contribution in [0.25, 0.3) is 0 Å². The first-order valence-electron chi connectivity index (χ1n) is 11.3. The molecule has 0 aromatic carbocycles. The number of fused-ring (bicyclic) bond motifs is 5. The largest absolute Gasteiger partial charge is 0.478 e. The maximum absolute atomic E-state index is 13.3. The maximum atomic E-state index is 13.3. The van der Waals surface area contributed by atoms with E-state index in [9.17, 15) is 14.7 Å². The SMILES string of the molecule is C[C@H](C=CC(=O)O)[C@H]1CC[C@H]2[C@@H]3C(=O)C[C@@H]4C[C@H](O)CC[C@]4(C)[C@H]3CC[C@]12C. The lowest BCUT2D eigenvalue weighted by Gasteiger charge is -2.60. The van der Waals surface area contributed by atoms with Crippen molar-refractivity contribution in [2.45, 2.75) is 78.2 Å². The standard InChI is InChI=1S/C24H36O4/c1-14(4-7-21(27)28)17-5-6-18-22-19(9-11-24(17,18)3)23(2)10-8-16(25)12-15(23)13-20(22)26/h4,7,14-19,22,25H,5-6,8-13H2,1-3H3,(H,27,28)/t14-,15+,16-,17-,18+,19+,22+,23+,24-/m1/s1. The van der Waals surface area contributed by atoms with Gasteiger partial charge in [0.05, 0.1) is 6.10 Å². The Morgan fingerprint density at radius 1 is 1.11 bits per heavy atom. The third kappa shape index (κ3) is 2.98. The van der Waals surface area contributed by atoms with Gasteiger partial charge in [0.15, 0.2) is 0 Å². The third-order valence-corrected chi connectivity index (χ3v) is 9.69. The highest BCUT2D eigenvalue weighted by Crippen LogP contribution is 2.67. The number of hydrogen-bond acceptors (Lipinski definition) is 3. The van der Waals surface area contributed by atoms with Crippen molar-refractivity contribution >= 4 is 11.8 Å². The Kier molecular flexibility index (Phi) is 5.01. The van der Waals surface area contributed by atoms with Crippen LogP contribution in [0.2, 0.25) is 0 Å². The van der Waals surface area contributed by atoms with Crippen molar-refractivity contribution < 1.29 is 19.8 Å². The molecule has 0 saturated heterocycles. The van der Waals surface area contributed by atoms with E-state index in [1.165, 1.54) is 6.08 Å². The summed E-state index contributed by atoms with van der Waals surface area (Å²) in [6, 6.07) is 0. The third-order valence-electron chi connectivity index (χ3n) is 9.69. The Morgan fingerprint density at radius 3 is 2.50 bits per heavy atom. The average molecular weight is 389 g/mol. The molecule has 4 rings (SSSR count). The molecule has 28 heavy (non-hydrogen) atoms. The monoisotopic (exact) mass is 388 g/mol. The molecule has 156 valence electrons. The number of rotatable bonds is 3. The van der Waals surface area contributed by atoms with Crippen molar-refractivity contribution in [1.82, 2.24) is 0 Å². The van der Waals surface area contributed by atoms with Gasteiger partial charge in [-0.3, -0.25) is 4.79 Å². The Hall–Kier alpha value is -1.16. The number of aliphatic carboxylic acids is 1.